The van der Waals surface area contributed by atoms with E-state index in [1.807, 2.05) is 0 Å². The van der Waals surface area contributed by atoms with Crippen molar-refractivity contribution in [2.24, 2.45) is 11.8 Å². The lowest BCUT2D eigenvalue weighted by Crippen LogP contribution is -2.45. The zero-order chi connectivity index (χ0) is 14.2. The van der Waals surface area contributed by atoms with Crippen molar-refractivity contribution in [1.29, 1.82) is 0 Å². The van der Waals surface area contributed by atoms with E-state index in [9.17, 15) is 0 Å². The predicted molar refractivity (Wildman–Crippen MR) is 80.6 cm³/mol. The summed E-state index contributed by atoms with van der Waals surface area (Å²) >= 11 is 0. The summed E-state index contributed by atoms with van der Waals surface area (Å²) in [6, 6.07) is 0. The quantitative estimate of drug-likeness (QED) is 0.770. The second kappa shape index (κ2) is 5.94. The summed E-state index contributed by atoms with van der Waals surface area (Å²) in [7, 11) is 0. The van der Waals surface area contributed by atoms with Gasteiger partial charge in [-0.1, -0.05) is 13.8 Å². The fraction of sp³-hybridized carbons (Fsp3) is 1.00. The summed E-state index contributed by atoms with van der Waals surface area (Å²) in [5, 5.41) is 0. The normalized spacial score (nSPS) is 41.0. The van der Waals surface area contributed by atoms with Gasteiger partial charge in [0.1, 0.15) is 6.23 Å². The van der Waals surface area contributed by atoms with Crippen molar-refractivity contribution in [3.63, 3.8) is 0 Å². The molecular formula is C17H31NO2. The minimum Gasteiger partial charge on any atom is -0.377 e. The van der Waals surface area contributed by atoms with Gasteiger partial charge in [-0.3, -0.25) is 4.90 Å². The van der Waals surface area contributed by atoms with Gasteiger partial charge in [0, 0.05) is 13.1 Å². The molecule has 116 valence electrons. The Labute approximate surface area is 124 Å². The highest BCUT2D eigenvalue weighted by molar-refractivity contribution is 5.00. The molecule has 3 fully saturated rings. The molecule has 1 saturated heterocycles. The number of rotatable bonds is 5. The van der Waals surface area contributed by atoms with Crippen LogP contribution in [0.2, 0.25) is 0 Å². The first kappa shape index (κ1) is 14.8. The van der Waals surface area contributed by atoms with Crippen LogP contribution in [0, 0.1) is 11.8 Å². The van der Waals surface area contributed by atoms with Crippen molar-refractivity contribution in [2.75, 3.05) is 19.7 Å². The first-order chi connectivity index (χ1) is 9.62. The third-order valence-corrected chi connectivity index (χ3v) is 5.53. The van der Waals surface area contributed by atoms with Gasteiger partial charge in [0.2, 0.25) is 0 Å². The van der Waals surface area contributed by atoms with E-state index in [0.717, 1.165) is 31.4 Å². The van der Waals surface area contributed by atoms with Gasteiger partial charge in [0.15, 0.2) is 0 Å². The largest absolute Gasteiger partial charge is 0.377 e. The third-order valence-electron chi connectivity index (χ3n) is 5.53. The summed E-state index contributed by atoms with van der Waals surface area (Å²) < 4.78 is 12.5. The minimum absolute atomic E-state index is 0.155. The first-order valence-corrected chi connectivity index (χ1v) is 8.66. The van der Waals surface area contributed by atoms with Gasteiger partial charge in [-0.25, -0.2) is 0 Å². The lowest BCUT2D eigenvalue weighted by atomic mass is 10.1. The molecular weight excluding hydrogens is 250 g/mol. The molecule has 0 N–H and O–H groups in total. The van der Waals surface area contributed by atoms with Gasteiger partial charge in [-0.15, -0.1) is 0 Å². The second-order valence-corrected chi connectivity index (χ2v) is 7.34. The smallest absolute Gasteiger partial charge is 0.114 e. The molecule has 0 aromatic heterocycles. The van der Waals surface area contributed by atoms with E-state index in [4.69, 9.17) is 9.47 Å². The van der Waals surface area contributed by atoms with E-state index >= 15 is 0 Å². The highest BCUT2D eigenvalue weighted by atomic mass is 16.5. The molecule has 0 aromatic carbocycles. The average Bonchev–Trinajstić information content (AvgIpc) is 3.27. The first-order valence-electron chi connectivity index (χ1n) is 8.66. The summed E-state index contributed by atoms with van der Waals surface area (Å²) in [4.78, 5) is 2.57. The zero-order valence-corrected chi connectivity index (χ0v) is 13.4. The van der Waals surface area contributed by atoms with E-state index in [1.54, 1.807) is 0 Å². The van der Waals surface area contributed by atoms with Gasteiger partial charge in [0.25, 0.3) is 0 Å². The Hall–Kier alpha value is -0.120. The Bertz CT molecular complexity index is 321. The maximum absolute atomic E-state index is 6.54. The molecule has 3 nitrogen and oxygen atoms in total. The molecule has 0 spiro atoms. The Morgan fingerprint density at radius 1 is 1.30 bits per heavy atom. The summed E-state index contributed by atoms with van der Waals surface area (Å²) in [6.07, 6.45) is 8.38. The van der Waals surface area contributed by atoms with Crippen LogP contribution in [-0.2, 0) is 9.47 Å². The second-order valence-electron chi connectivity index (χ2n) is 7.34. The lowest BCUT2D eigenvalue weighted by molar-refractivity contribution is -0.134. The third kappa shape index (κ3) is 3.37. The van der Waals surface area contributed by atoms with Crippen molar-refractivity contribution < 1.29 is 9.47 Å². The Kier molecular flexibility index (Phi) is 4.40. The fourth-order valence-electron chi connectivity index (χ4n) is 3.47. The van der Waals surface area contributed by atoms with Crippen molar-refractivity contribution in [1.82, 2.24) is 4.90 Å². The van der Waals surface area contributed by atoms with Crippen LogP contribution in [0.15, 0.2) is 0 Å². The molecule has 3 rings (SSSR count). The molecule has 0 bridgehead atoms. The topological polar surface area (TPSA) is 21.7 Å². The lowest BCUT2D eigenvalue weighted by Gasteiger charge is -2.36. The summed E-state index contributed by atoms with van der Waals surface area (Å²) in [5.74, 6) is 1.51. The molecule has 0 radical (unpaired) electrons. The van der Waals surface area contributed by atoms with E-state index in [-0.39, 0.29) is 5.60 Å². The average molecular weight is 281 g/mol. The zero-order valence-electron chi connectivity index (χ0n) is 13.4. The molecule has 0 aromatic rings. The van der Waals surface area contributed by atoms with Crippen molar-refractivity contribution in [3.05, 3.63) is 0 Å². The van der Waals surface area contributed by atoms with Crippen LogP contribution in [-0.4, -0.2) is 42.5 Å². The van der Waals surface area contributed by atoms with Crippen LogP contribution in [0.4, 0.5) is 0 Å². The highest BCUT2D eigenvalue weighted by Crippen LogP contribution is 2.49. The van der Waals surface area contributed by atoms with Crippen LogP contribution in [0.1, 0.15) is 59.3 Å². The van der Waals surface area contributed by atoms with Crippen LogP contribution in [0.5, 0.6) is 0 Å². The van der Waals surface area contributed by atoms with Gasteiger partial charge < -0.3 is 9.47 Å². The molecule has 4 atom stereocenters. The maximum Gasteiger partial charge on any atom is 0.114 e. The molecule has 2 saturated carbocycles. The van der Waals surface area contributed by atoms with Crippen LogP contribution in [0.3, 0.4) is 0 Å². The van der Waals surface area contributed by atoms with Gasteiger partial charge in [-0.05, 0) is 57.3 Å². The van der Waals surface area contributed by atoms with Crippen molar-refractivity contribution in [3.8, 4) is 0 Å². The Balaban J connectivity index is 1.57. The van der Waals surface area contributed by atoms with E-state index < -0.39 is 0 Å². The van der Waals surface area contributed by atoms with Gasteiger partial charge >= 0.3 is 0 Å². The monoisotopic (exact) mass is 281 g/mol. The minimum atomic E-state index is 0.155. The number of nitrogens with zero attached hydrogens (tertiary/aromatic N) is 1. The molecule has 1 aliphatic heterocycles. The molecule has 2 aliphatic carbocycles. The SMILES string of the molecule is CCC1CCCN([C@H](OC2(C)C[C@@H]2C)C2CC2)CCO1. The van der Waals surface area contributed by atoms with Crippen LogP contribution < -0.4 is 0 Å². The predicted octanol–water partition coefficient (Wildman–Crippen LogP) is 3.43. The Morgan fingerprint density at radius 3 is 2.65 bits per heavy atom. The van der Waals surface area contributed by atoms with Gasteiger partial charge in [0.05, 0.1) is 18.3 Å². The number of ether oxygens (including phenoxy) is 2. The van der Waals surface area contributed by atoms with E-state index in [2.05, 4.69) is 25.7 Å². The highest BCUT2D eigenvalue weighted by Gasteiger charge is 2.52. The molecule has 1 heterocycles. The fourth-order valence-corrected chi connectivity index (χ4v) is 3.47. The van der Waals surface area contributed by atoms with E-state index in [0.29, 0.717) is 12.3 Å². The van der Waals surface area contributed by atoms with Gasteiger partial charge in [-0.2, -0.15) is 0 Å². The van der Waals surface area contributed by atoms with Crippen LogP contribution >= 0.6 is 0 Å². The Morgan fingerprint density at radius 2 is 2.05 bits per heavy atom. The maximum atomic E-state index is 6.54. The molecule has 3 heteroatoms. The number of hydrogen-bond acceptors (Lipinski definition) is 3. The molecule has 20 heavy (non-hydrogen) atoms. The summed E-state index contributed by atoms with van der Waals surface area (Å²) in [5.41, 5.74) is 0.155. The number of hydrogen-bond donors (Lipinski definition) is 0. The summed E-state index contributed by atoms with van der Waals surface area (Å²) in [6.45, 7) is 9.94. The van der Waals surface area contributed by atoms with E-state index in [1.165, 1.54) is 38.6 Å². The van der Waals surface area contributed by atoms with Crippen molar-refractivity contribution >= 4 is 0 Å². The standard InChI is InChI=1S/C17H31NO2/c1-4-15-6-5-9-18(10-11-19-15)16(14-7-8-14)20-17(3)12-13(17)2/h13-16H,4-12H2,1-3H3/t13-,15?,16+,17?/m0/s1. The molecule has 2 unspecified atom stereocenters. The molecule has 3 aliphatic rings. The van der Waals surface area contributed by atoms with Crippen molar-refractivity contribution in [2.45, 2.75) is 77.2 Å². The van der Waals surface area contributed by atoms with Crippen LogP contribution in [0.25, 0.3) is 0 Å². The molecule has 0 amide bonds.